The Morgan fingerprint density at radius 3 is 2.82 bits per heavy atom. The number of amides is 2. The van der Waals surface area contributed by atoms with Crippen LogP contribution in [0.5, 0.6) is 0 Å². The van der Waals surface area contributed by atoms with Crippen LogP contribution in [0, 0.1) is 0 Å². The van der Waals surface area contributed by atoms with Crippen LogP contribution in [-0.2, 0) is 6.54 Å². The Hall–Kier alpha value is -1.72. The highest BCUT2D eigenvalue weighted by atomic mass is 16.2. The molecule has 6 nitrogen and oxygen atoms in total. The summed E-state index contributed by atoms with van der Waals surface area (Å²) in [6, 6.07) is 2.04. The maximum absolute atomic E-state index is 11.0. The number of carbonyl (C=O) groups is 1. The predicted molar refractivity (Wildman–Crippen MR) is 65.7 cm³/mol. The zero-order valence-corrected chi connectivity index (χ0v) is 10.1. The van der Waals surface area contributed by atoms with Crippen LogP contribution in [0.25, 0.3) is 0 Å². The van der Waals surface area contributed by atoms with Gasteiger partial charge in [0.15, 0.2) is 0 Å². The second-order valence-electron chi connectivity index (χ2n) is 4.30. The summed E-state index contributed by atoms with van der Waals surface area (Å²) < 4.78 is 1.89. The van der Waals surface area contributed by atoms with Gasteiger partial charge in [-0.1, -0.05) is 0 Å². The van der Waals surface area contributed by atoms with Gasteiger partial charge in [-0.25, -0.2) is 4.79 Å². The number of primary amides is 1. The zero-order valence-electron chi connectivity index (χ0n) is 10.1. The van der Waals surface area contributed by atoms with Gasteiger partial charge >= 0.3 is 6.03 Å². The summed E-state index contributed by atoms with van der Waals surface area (Å²) in [6.07, 6.45) is 3.80. The van der Waals surface area contributed by atoms with E-state index in [0.717, 1.165) is 38.3 Å². The van der Waals surface area contributed by atoms with E-state index in [1.165, 1.54) is 0 Å². The highest BCUT2D eigenvalue weighted by Gasteiger charge is 2.21. The highest BCUT2D eigenvalue weighted by Crippen LogP contribution is 2.14. The molecule has 6 heteroatoms. The van der Waals surface area contributed by atoms with Gasteiger partial charge in [0.1, 0.15) is 5.82 Å². The molecule has 1 aromatic rings. The summed E-state index contributed by atoms with van der Waals surface area (Å²) >= 11 is 0. The number of piperidine rings is 1. The maximum Gasteiger partial charge on any atom is 0.314 e. The van der Waals surface area contributed by atoms with Crippen molar-refractivity contribution in [2.24, 2.45) is 5.73 Å². The Morgan fingerprint density at radius 1 is 1.59 bits per heavy atom. The molecule has 1 aliphatic rings. The summed E-state index contributed by atoms with van der Waals surface area (Å²) in [5, 5.41) is 7.76. The Morgan fingerprint density at radius 2 is 2.29 bits per heavy atom. The van der Waals surface area contributed by atoms with Crippen LogP contribution in [0.1, 0.15) is 19.8 Å². The molecule has 1 aliphatic heterocycles. The number of aryl methyl sites for hydroxylation is 1. The van der Waals surface area contributed by atoms with E-state index >= 15 is 0 Å². The number of hydrogen-bond donors (Lipinski definition) is 2. The first-order chi connectivity index (χ1) is 8.19. The summed E-state index contributed by atoms with van der Waals surface area (Å²) in [5.74, 6) is 0.907. The number of nitrogens with two attached hydrogens (primary N) is 1. The fraction of sp³-hybridized carbons (Fsp3) is 0.636. The molecule has 1 fully saturated rings. The maximum atomic E-state index is 11.0. The molecule has 1 aromatic heterocycles. The lowest BCUT2D eigenvalue weighted by atomic mass is 10.1. The van der Waals surface area contributed by atoms with Gasteiger partial charge < -0.3 is 16.0 Å². The van der Waals surface area contributed by atoms with Gasteiger partial charge in [0.05, 0.1) is 0 Å². The van der Waals surface area contributed by atoms with E-state index < -0.39 is 0 Å². The average molecular weight is 237 g/mol. The lowest BCUT2D eigenvalue weighted by Crippen LogP contribution is -2.44. The monoisotopic (exact) mass is 237 g/mol. The molecule has 2 heterocycles. The molecule has 2 amide bonds. The standard InChI is InChI=1S/C11H19N5O/c1-2-16-8-5-10(14-16)13-9-3-6-15(7-4-9)11(12)17/h5,8-9H,2-4,6-7H2,1H3,(H2,12,17)(H,13,14). The third-order valence-corrected chi connectivity index (χ3v) is 3.12. The van der Waals surface area contributed by atoms with Gasteiger partial charge in [0.25, 0.3) is 0 Å². The van der Waals surface area contributed by atoms with Crippen LogP contribution in [0.3, 0.4) is 0 Å². The quantitative estimate of drug-likeness (QED) is 0.818. The predicted octanol–water partition coefficient (Wildman–Crippen LogP) is 0.858. The lowest BCUT2D eigenvalue weighted by Gasteiger charge is -2.31. The zero-order chi connectivity index (χ0) is 12.3. The molecule has 0 atom stereocenters. The second kappa shape index (κ2) is 5.07. The third kappa shape index (κ3) is 2.89. The molecule has 0 unspecified atom stereocenters. The molecule has 17 heavy (non-hydrogen) atoms. The third-order valence-electron chi connectivity index (χ3n) is 3.12. The topological polar surface area (TPSA) is 76.2 Å². The number of urea groups is 1. The summed E-state index contributed by atoms with van der Waals surface area (Å²) in [4.78, 5) is 12.7. The summed E-state index contributed by atoms with van der Waals surface area (Å²) in [7, 11) is 0. The van der Waals surface area contributed by atoms with Crippen molar-refractivity contribution in [1.82, 2.24) is 14.7 Å². The number of carbonyl (C=O) groups excluding carboxylic acids is 1. The fourth-order valence-electron chi connectivity index (χ4n) is 2.07. The van der Waals surface area contributed by atoms with Crippen molar-refractivity contribution in [3.8, 4) is 0 Å². The van der Waals surface area contributed by atoms with Crippen LogP contribution < -0.4 is 11.1 Å². The first-order valence-electron chi connectivity index (χ1n) is 6.03. The van der Waals surface area contributed by atoms with Gasteiger partial charge in [0, 0.05) is 37.9 Å². The summed E-state index contributed by atoms with van der Waals surface area (Å²) in [5.41, 5.74) is 5.24. The van der Waals surface area contributed by atoms with Gasteiger partial charge in [-0.05, 0) is 19.8 Å². The van der Waals surface area contributed by atoms with Crippen LogP contribution >= 0.6 is 0 Å². The van der Waals surface area contributed by atoms with Crippen LogP contribution in [-0.4, -0.2) is 39.8 Å². The van der Waals surface area contributed by atoms with E-state index in [9.17, 15) is 4.79 Å². The number of hydrogen-bond acceptors (Lipinski definition) is 3. The molecule has 0 radical (unpaired) electrons. The molecule has 3 N–H and O–H groups in total. The summed E-state index contributed by atoms with van der Waals surface area (Å²) in [6.45, 7) is 4.38. The van der Waals surface area contributed by atoms with Crippen molar-refractivity contribution in [2.45, 2.75) is 32.4 Å². The van der Waals surface area contributed by atoms with E-state index in [2.05, 4.69) is 17.3 Å². The average Bonchev–Trinajstić information content (AvgIpc) is 2.77. The molecule has 0 spiro atoms. The Kier molecular flexibility index (Phi) is 3.51. The molecular weight excluding hydrogens is 218 g/mol. The molecular formula is C11H19N5O. The van der Waals surface area contributed by atoms with Crippen molar-refractivity contribution >= 4 is 11.8 Å². The second-order valence-corrected chi connectivity index (χ2v) is 4.30. The normalized spacial score (nSPS) is 17.1. The smallest absolute Gasteiger partial charge is 0.314 e. The minimum atomic E-state index is -0.321. The van der Waals surface area contributed by atoms with Crippen LogP contribution in [0.2, 0.25) is 0 Å². The van der Waals surface area contributed by atoms with Gasteiger partial charge in [-0.3, -0.25) is 4.68 Å². The largest absolute Gasteiger partial charge is 0.366 e. The first kappa shape index (κ1) is 11.8. The van der Waals surface area contributed by atoms with Crippen molar-refractivity contribution in [1.29, 1.82) is 0 Å². The Bertz CT molecular complexity index is 381. The number of nitrogens with zero attached hydrogens (tertiary/aromatic N) is 3. The molecule has 2 rings (SSSR count). The van der Waals surface area contributed by atoms with Gasteiger partial charge in [-0.2, -0.15) is 5.10 Å². The molecule has 1 saturated heterocycles. The van der Waals surface area contributed by atoms with Crippen molar-refractivity contribution < 1.29 is 4.79 Å². The lowest BCUT2D eigenvalue weighted by molar-refractivity contribution is 0.193. The fourth-order valence-corrected chi connectivity index (χ4v) is 2.07. The SMILES string of the molecule is CCn1ccc(NC2CCN(C(N)=O)CC2)n1. The minimum Gasteiger partial charge on any atom is -0.366 e. The molecule has 0 bridgehead atoms. The number of likely N-dealkylation sites (tertiary alicyclic amines) is 1. The van der Waals surface area contributed by atoms with Crippen molar-refractivity contribution in [3.05, 3.63) is 12.3 Å². The van der Waals surface area contributed by atoms with E-state index in [1.54, 1.807) is 4.90 Å². The number of aromatic nitrogens is 2. The van der Waals surface area contributed by atoms with E-state index in [-0.39, 0.29) is 6.03 Å². The van der Waals surface area contributed by atoms with E-state index in [1.807, 2.05) is 16.9 Å². The van der Waals surface area contributed by atoms with Crippen LogP contribution in [0.4, 0.5) is 10.6 Å². The van der Waals surface area contributed by atoms with E-state index in [4.69, 9.17) is 5.73 Å². The highest BCUT2D eigenvalue weighted by molar-refractivity contribution is 5.72. The van der Waals surface area contributed by atoms with Crippen LogP contribution in [0.15, 0.2) is 12.3 Å². The number of anilines is 1. The van der Waals surface area contributed by atoms with E-state index in [0.29, 0.717) is 6.04 Å². The molecule has 0 aromatic carbocycles. The van der Waals surface area contributed by atoms with Gasteiger partial charge in [0.2, 0.25) is 0 Å². The molecule has 0 saturated carbocycles. The minimum absolute atomic E-state index is 0.321. The van der Waals surface area contributed by atoms with Crippen molar-refractivity contribution in [3.63, 3.8) is 0 Å². The molecule has 94 valence electrons. The Labute approximate surface area is 101 Å². The number of nitrogens with one attached hydrogen (secondary N) is 1. The molecule has 0 aliphatic carbocycles. The number of rotatable bonds is 3. The Balaban J connectivity index is 1.83. The first-order valence-corrected chi connectivity index (χ1v) is 6.03. The van der Waals surface area contributed by atoms with Crippen molar-refractivity contribution in [2.75, 3.05) is 18.4 Å². The van der Waals surface area contributed by atoms with Gasteiger partial charge in [-0.15, -0.1) is 0 Å².